The van der Waals surface area contributed by atoms with Crippen LogP contribution in [-0.2, 0) is 6.42 Å². The Labute approximate surface area is 114 Å². The summed E-state index contributed by atoms with van der Waals surface area (Å²) in [5.74, 6) is 0. The zero-order valence-electron chi connectivity index (χ0n) is 11.9. The number of benzene rings is 1. The second kappa shape index (κ2) is 6.48. The lowest BCUT2D eigenvalue weighted by molar-refractivity contribution is 0.516. The van der Waals surface area contributed by atoms with Crippen LogP contribution in [-0.4, -0.2) is 22.0 Å². The van der Waals surface area contributed by atoms with Crippen molar-refractivity contribution in [2.45, 2.75) is 39.7 Å². The molecule has 1 atom stereocenters. The van der Waals surface area contributed by atoms with Crippen LogP contribution in [0.5, 0.6) is 0 Å². The SMILES string of the molecule is CCCNC(Cc1cc(C)ccc1C)c1cn[nH]n1. The van der Waals surface area contributed by atoms with Gasteiger partial charge in [-0.3, -0.25) is 0 Å². The molecule has 1 heterocycles. The number of nitrogens with one attached hydrogen (secondary N) is 2. The molecule has 102 valence electrons. The molecule has 1 aromatic heterocycles. The summed E-state index contributed by atoms with van der Waals surface area (Å²) in [6.07, 6.45) is 3.86. The van der Waals surface area contributed by atoms with Gasteiger partial charge in [-0.15, -0.1) is 0 Å². The van der Waals surface area contributed by atoms with Gasteiger partial charge in [-0.2, -0.15) is 15.4 Å². The second-order valence-electron chi connectivity index (χ2n) is 5.04. The number of aromatic nitrogens is 3. The maximum atomic E-state index is 4.22. The van der Waals surface area contributed by atoms with Crippen LogP contribution in [0.25, 0.3) is 0 Å². The first-order valence-electron chi connectivity index (χ1n) is 6.86. The maximum absolute atomic E-state index is 4.22. The van der Waals surface area contributed by atoms with Gasteiger partial charge in [-0.1, -0.05) is 30.7 Å². The molecule has 4 heteroatoms. The predicted octanol–water partition coefficient (Wildman–Crippen LogP) is 2.70. The average Bonchev–Trinajstić information content (AvgIpc) is 2.92. The van der Waals surface area contributed by atoms with Crippen molar-refractivity contribution in [3.63, 3.8) is 0 Å². The van der Waals surface area contributed by atoms with Crippen LogP contribution < -0.4 is 5.32 Å². The fourth-order valence-electron chi connectivity index (χ4n) is 2.22. The molecule has 2 rings (SSSR count). The van der Waals surface area contributed by atoms with Crippen molar-refractivity contribution < 1.29 is 0 Å². The lowest BCUT2D eigenvalue weighted by Crippen LogP contribution is -2.24. The highest BCUT2D eigenvalue weighted by atomic mass is 15.3. The number of H-pyrrole nitrogens is 1. The van der Waals surface area contributed by atoms with Crippen molar-refractivity contribution >= 4 is 0 Å². The van der Waals surface area contributed by atoms with Crippen LogP contribution in [0.15, 0.2) is 24.4 Å². The minimum atomic E-state index is 0.221. The van der Waals surface area contributed by atoms with Gasteiger partial charge in [-0.25, -0.2) is 0 Å². The Hall–Kier alpha value is -1.68. The van der Waals surface area contributed by atoms with Crippen molar-refractivity contribution in [2.24, 2.45) is 0 Å². The Morgan fingerprint density at radius 3 is 2.84 bits per heavy atom. The number of aromatic amines is 1. The van der Waals surface area contributed by atoms with Crippen LogP contribution in [0, 0.1) is 13.8 Å². The molecule has 0 bridgehead atoms. The highest BCUT2D eigenvalue weighted by molar-refractivity contribution is 5.31. The van der Waals surface area contributed by atoms with Crippen molar-refractivity contribution in [2.75, 3.05) is 6.54 Å². The first-order chi connectivity index (χ1) is 9.20. The number of nitrogens with zero attached hydrogens (tertiary/aromatic N) is 2. The van der Waals surface area contributed by atoms with Gasteiger partial charge in [0.2, 0.25) is 0 Å². The summed E-state index contributed by atoms with van der Waals surface area (Å²) >= 11 is 0. The van der Waals surface area contributed by atoms with E-state index in [9.17, 15) is 0 Å². The fraction of sp³-hybridized carbons (Fsp3) is 0.467. The smallest absolute Gasteiger partial charge is 0.0997 e. The highest BCUT2D eigenvalue weighted by Crippen LogP contribution is 2.19. The summed E-state index contributed by atoms with van der Waals surface area (Å²) < 4.78 is 0. The Morgan fingerprint density at radius 1 is 1.32 bits per heavy atom. The van der Waals surface area contributed by atoms with Crippen LogP contribution in [0.1, 0.15) is 41.8 Å². The molecular formula is C15H22N4. The van der Waals surface area contributed by atoms with Crippen molar-refractivity contribution in [3.8, 4) is 0 Å². The maximum Gasteiger partial charge on any atom is 0.0997 e. The summed E-state index contributed by atoms with van der Waals surface area (Å²) in [4.78, 5) is 0. The molecule has 0 aliphatic heterocycles. The summed E-state index contributed by atoms with van der Waals surface area (Å²) in [6.45, 7) is 7.45. The Balaban J connectivity index is 2.17. The van der Waals surface area contributed by atoms with Gasteiger partial charge in [0, 0.05) is 0 Å². The molecule has 0 saturated carbocycles. The average molecular weight is 258 g/mol. The third kappa shape index (κ3) is 3.64. The van der Waals surface area contributed by atoms with E-state index in [0.717, 1.165) is 25.1 Å². The second-order valence-corrected chi connectivity index (χ2v) is 5.04. The predicted molar refractivity (Wildman–Crippen MR) is 77.0 cm³/mol. The minimum Gasteiger partial charge on any atom is -0.308 e. The van der Waals surface area contributed by atoms with Crippen molar-refractivity contribution in [1.82, 2.24) is 20.7 Å². The molecule has 0 aliphatic carbocycles. The third-order valence-electron chi connectivity index (χ3n) is 3.36. The fourth-order valence-corrected chi connectivity index (χ4v) is 2.22. The highest BCUT2D eigenvalue weighted by Gasteiger charge is 2.15. The van der Waals surface area contributed by atoms with Gasteiger partial charge < -0.3 is 5.32 Å². The topological polar surface area (TPSA) is 53.6 Å². The molecule has 4 nitrogen and oxygen atoms in total. The van der Waals surface area contributed by atoms with Gasteiger partial charge in [0.1, 0.15) is 0 Å². The van der Waals surface area contributed by atoms with Crippen LogP contribution in [0.2, 0.25) is 0 Å². The quantitative estimate of drug-likeness (QED) is 0.837. The van der Waals surface area contributed by atoms with Gasteiger partial charge in [0.05, 0.1) is 17.9 Å². The lowest BCUT2D eigenvalue weighted by Gasteiger charge is -2.17. The molecule has 0 fully saturated rings. The molecule has 2 aromatic rings. The molecule has 0 spiro atoms. The number of hydrogen-bond acceptors (Lipinski definition) is 3. The van der Waals surface area contributed by atoms with E-state index in [0.29, 0.717) is 0 Å². The zero-order chi connectivity index (χ0) is 13.7. The van der Waals surface area contributed by atoms with Crippen LogP contribution >= 0.6 is 0 Å². The molecule has 0 amide bonds. The molecule has 0 saturated heterocycles. The molecule has 1 aromatic carbocycles. The van der Waals surface area contributed by atoms with Crippen molar-refractivity contribution in [1.29, 1.82) is 0 Å². The van der Waals surface area contributed by atoms with E-state index in [1.54, 1.807) is 6.20 Å². The summed E-state index contributed by atoms with van der Waals surface area (Å²) in [5.41, 5.74) is 4.98. The summed E-state index contributed by atoms with van der Waals surface area (Å²) in [6, 6.07) is 6.82. The number of hydrogen-bond donors (Lipinski definition) is 2. The molecule has 1 unspecified atom stereocenters. The van der Waals surface area contributed by atoms with E-state index >= 15 is 0 Å². The minimum absolute atomic E-state index is 0.221. The largest absolute Gasteiger partial charge is 0.308 e. The number of aryl methyl sites for hydroxylation is 2. The number of rotatable bonds is 6. The van der Waals surface area contributed by atoms with Crippen molar-refractivity contribution in [3.05, 3.63) is 46.8 Å². The van der Waals surface area contributed by atoms with E-state index in [1.807, 2.05) is 0 Å². The molecule has 0 aliphatic rings. The third-order valence-corrected chi connectivity index (χ3v) is 3.36. The Kier molecular flexibility index (Phi) is 4.68. The lowest BCUT2D eigenvalue weighted by atomic mass is 9.97. The van der Waals surface area contributed by atoms with Gasteiger partial charge in [-0.05, 0) is 44.4 Å². The van der Waals surface area contributed by atoms with Gasteiger partial charge in [0.25, 0.3) is 0 Å². The van der Waals surface area contributed by atoms with E-state index in [4.69, 9.17) is 0 Å². The Bertz CT molecular complexity index is 505. The summed E-state index contributed by atoms with van der Waals surface area (Å²) in [7, 11) is 0. The van der Waals surface area contributed by atoms with Crippen LogP contribution in [0.4, 0.5) is 0 Å². The van der Waals surface area contributed by atoms with E-state index in [1.165, 1.54) is 16.7 Å². The van der Waals surface area contributed by atoms with E-state index < -0.39 is 0 Å². The van der Waals surface area contributed by atoms with Crippen LogP contribution in [0.3, 0.4) is 0 Å². The van der Waals surface area contributed by atoms with Gasteiger partial charge >= 0.3 is 0 Å². The zero-order valence-corrected chi connectivity index (χ0v) is 11.9. The van der Waals surface area contributed by atoms with E-state index in [-0.39, 0.29) is 6.04 Å². The summed E-state index contributed by atoms with van der Waals surface area (Å²) in [5, 5.41) is 14.4. The molecule has 2 N–H and O–H groups in total. The Morgan fingerprint density at radius 2 is 2.16 bits per heavy atom. The molecule has 0 radical (unpaired) electrons. The standard InChI is InChI=1S/C15H22N4/c1-4-7-16-14(15-10-17-19-18-15)9-13-8-11(2)5-6-12(13)3/h5-6,8,10,14,16H,4,7,9H2,1-3H3,(H,17,18,19). The monoisotopic (exact) mass is 258 g/mol. The molecule has 19 heavy (non-hydrogen) atoms. The van der Waals surface area contributed by atoms with E-state index in [2.05, 4.69) is 59.7 Å². The first kappa shape index (κ1) is 13.7. The normalized spacial score (nSPS) is 12.6. The first-order valence-corrected chi connectivity index (χ1v) is 6.86. The van der Waals surface area contributed by atoms with Gasteiger partial charge in [0.15, 0.2) is 0 Å². The molecular weight excluding hydrogens is 236 g/mol.